The largest absolute Gasteiger partial charge is 0.309 e. The van der Waals surface area contributed by atoms with Gasteiger partial charge in [-0.25, -0.2) is 0 Å². The van der Waals surface area contributed by atoms with E-state index < -0.39 is 0 Å². The smallest absolute Gasteiger partial charge is 0.0555 e. The maximum absolute atomic E-state index is 2.54. The molecule has 46 heavy (non-hydrogen) atoms. The van der Waals surface area contributed by atoms with E-state index in [-0.39, 0.29) is 0 Å². The molecule has 0 spiro atoms. The fourth-order valence-electron chi connectivity index (χ4n) is 7.98. The molecule has 0 saturated heterocycles. The number of anilines is 3. The maximum Gasteiger partial charge on any atom is 0.0555 e. The average molecular weight is 610 g/mol. The van der Waals surface area contributed by atoms with Crippen molar-refractivity contribution in [2.45, 2.75) is 38.0 Å². The minimum Gasteiger partial charge on any atom is -0.309 e. The zero-order chi connectivity index (χ0) is 30.5. The highest BCUT2D eigenvalue weighted by Gasteiger charge is 2.25. The fourth-order valence-corrected chi connectivity index (χ4v) is 9.11. The van der Waals surface area contributed by atoms with Crippen molar-refractivity contribution < 1.29 is 0 Å². The van der Waals surface area contributed by atoms with Gasteiger partial charge in [0.25, 0.3) is 0 Å². The van der Waals surface area contributed by atoms with Gasteiger partial charge in [-0.15, -0.1) is 11.3 Å². The fraction of sp³-hybridized carbons (Fsp3) is 0.136. The summed E-state index contributed by atoms with van der Waals surface area (Å²) in [6, 6.07) is 54.2. The molecule has 1 saturated carbocycles. The quantitative estimate of drug-likeness (QED) is 0.188. The van der Waals surface area contributed by atoms with Crippen LogP contribution in [0.5, 0.6) is 0 Å². The molecular formula is C44H35NS. The summed E-state index contributed by atoms with van der Waals surface area (Å²) in [5.41, 5.74) is 7.72. The summed E-state index contributed by atoms with van der Waals surface area (Å²) in [6.45, 7) is 0. The lowest BCUT2D eigenvalue weighted by Gasteiger charge is -2.30. The molecule has 1 aliphatic carbocycles. The van der Waals surface area contributed by atoms with Crippen LogP contribution in [0.2, 0.25) is 0 Å². The van der Waals surface area contributed by atoms with E-state index in [4.69, 9.17) is 0 Å². The molecule has 0 N–H and O–H groups in total. The van der Waals surface area contributed by atoms with Crippen LogP contribution in [-0.4, -0.2) is 0 Å². The number of nitrogens with zero attached hydrogens (tertiary/aromatic N) is 1. The Labute approximate surface area is 274 Å². The zero-order valence-electron chi connectivity index (χ0n) is 25.8. The summed E-state index contributed by atoms with van der Waals surface area (Å²) in [4.78, 5) is 2.54. The summed E-state index contributed by atoms with van der Waals surface area (Å²) in [5.74, 6) is 0.617. The minimum atomic E-state index is 0.617. The molecule has 0 amide bonds. The number of hydrogen-bond donors (Lipinski definition) is 0. The molecule has 1 heterocycles. The van der Waals surface area contributed by atoms with E-state index in [1.54, 1.807) is 0 Å². The molecule has 8 aromatic rings. The molecule has 9 rings (SSSR count). The lowest BCUT2D eigenvalue weighted by Crippen LogP contribution is -2.12. The molecule has 0 radical (unpaired) electrons. The normalized spacial score (nSPS) is 14.0. The first-order chi connectivity index (χ1) is 22.8. The number of fused-ring (bicyclic) bond motifs is 5. The van der Waals surface area contributed by atoms with Crippen LogP contribution in [0.3, 0.4) is 0 Å². The van der Waals surface area contributed by atoms with Gasteiger partial charge in [-0.05, 0) is 76.4 Å². The van der Waals surface area contributed by atoms with Crippen molar-refractivity contribution >= 4 is 70.1 Å². The van der Waals surface area contributed by atoms with Crippen molar-refractivity contribution in [1.29, 1.82) is 0 Å². The Bertz CT molecular complexity index is 2360. The summed E-state index contributed by atoms with van der Waals surface area (Å²) in [5, 5.41) is 7.86. The van der Waals surface area contributed by atoms with Gasteiger partial charge in [0.05, 0.1) is 17.1 Å². The second-order valence-corrected chi connectivity index (χ2v) is 13.8. The monoisotopic (exact) mass is 609 g/mol. The van der Waals surface area contributed by atoms with Crippen LogP contribution in [0.25, 0.3) is 52.8 Å². The van der Waals surface area contributed by atoms with E-state index in [0.717, 1.165) is 0 Å². The van der Waals surface area contributed by atoms with Crippen molar-refractivity contribution in [1.82, 2.24) is 0 Å². The molecule has 2 heteroatoms. The molecular weight excluding hydrogens is 575 g/mol. The molecule has 1 nitrogen and oxygen atoms in total. The van der Waals surface area contributed by atoms with Gasteiger partial charge < -0.3 is 4.90 Å². The highest BCUT2D eigenvalue weighted by atomic mass is 32.1. The van der Waals surface area contributed by atoms with Gasteiger partial charge in [-0.2, -0.15) is 0 Å². The first-order valence-electron chi connectivity index (χ1n) is 16.6. The van der Waals surface area contributed by atoms with E-state index >= 15 is 0 Å². The van der Waals surface area contributed by atoms with Gasteiger partial charge in [0.1, 0.15) is 0 Å². The van der Waals surface area contributed by atoms with Crippen LogP contribution >= 0.6 is 11.3 Å². The van der Waals surface area contributed by atoms with Crippen LogP contribution < -0.4 is 4.90 Å². The maximum atomic E-state index is 2.54. The predicted molar refractivity (Wildman–Crippen MR) is 200 cm³/mol. The van der Waals surface area contributed by atoms with Crippen LogP contribution in [0, 0.1) is 0 Å². The molecule has 1 fully saturated rings. The zero-order valence-corrected chi connectivity index (χ0v) is 26.6. The van der Waals surface area contributed by atoms with E-state index in [2.05, 4.69) is 150 Å². The topological polar surface area (TPSA) is 3.24 Å². The van der Waals surface area contributed by atoms with Crippen molar-refractivity contribution in [3.8, 4) is 11.1 Å². The van der Waals surface area contributed by atoms with E-state index in [9.17, 15) is 0 Å². The van der Waals surface area contributed by atoms with Crippen molar-refractivity contribution in [2.75, 3.05) is 4.90 Å². The minimum absolute atomic E-state index is 0.617. The van der Waals surface area contributed by atoms with Crippen LogP contribution in [0.15, 0.2) is 146 Å². The Morgan fingerprint density at radius 1 is 0.435 bits per heavy atom. The second kappa shape index (κ2) is 11.5. The number of para-hydroxylation sites is 1. The lowest BCUT2D eigenvalue weighted by atomic mass is 9.80. The van der Waals surface area contributed by atoms with E-state index in [1.165, 1.54) is 108 Å². The van der Waals surface area contributed by atoms with Crippen molar-refractivity contribution in [3.05, 3.63) is 151 Å². The molecule has 0 aliphatic heterocycles. The molecule has 222 valence electrons. The summed E-state index contributed by atoms with van der Waals surface area (Å²) in [7, 11) is 0. The third-order valence-electron chi connectivity index (χ3n) is 10.0. The van der Waals surface area contributed by atoms with Crippen LogP contribution in [0.4, 0.5) is 17.1 Å². The number of thiophene rings is 1. The standard InChI is InChI=1S/C44H35NS/c1-2-14-31(15-3-1)34-23-10-18-32-19-11-24-36(43(32)34)35-21-6-8-25-39(35)45(38-26-12-17-30-16-4-5-20-33(30)38)40-27-13-29-42-44(40)37-22-7-9-28-41(37)46-42/h4-13,16-29,31H,1-3,14-15H2. The molecule has 7 aromatic carbocycles. The van der Waals surface area contributed by atoms with Gasteiger partial charge in [0.15, 0.2) is 0 Å². The number of rotatable bonds is 5. The van der Waals surface area contributed by atoms with Crippen molar-refractivity contribution in [2.24, 2.45) is 0 Å². The molecule has 1 aliphatic rings. The third-order valence-corrected chi connectivity index (χ3v) is 11.2. The van der Waals surface area contributed by atoms with Gasteiger partial charge in [-0.1, -0.05) is 135 Å². The summed E-state index contributed by atoms with van der Waals surface area (Å²) >= 11 is 1.88. The Morgan fingerprint density at radius 2 is 1.04 bits per heavy atom. The molecule has 0 bridgehead atoms. The van der Waals surface area contributed by atoms with Gasteiger partial charge >= 0.3 is 0 Å². The Balaban J connectivity index is 1.36. The first-order valence-corrected chi connectivity index (χ1v) is 17.5. The van der Waals surface area contributed by atoms with E-state index in [1.807, 2.05) is 11.3 Å². The predicted octanol–water partition coefficient (Wildman–Crippen LogP) is 13.5. The average Bonchev–Trinajstić information content (AvgIpc) is 3.51. The highest BCUT2D eigenvalue weighted by molar-refractivity contribution is 7.26. The van der Waals surface area contributed by atoms with Crippen LogP contribution in [-0.2, 0) is 0 Å². The SMILES string of the molecule is c1ccc(N(c2cccc3ccccc23)c2cccc3sc4ccccc4c23)c(-c2cccc3cccc(C4CCCCC4)c23)c1. The summed E-state index contributed by atoms with van der Waals surface area (Å²) in [6.07, 6.45) is 6.58. The van der Waals surface area contributed by atoms with Crippen molar-refractivity contribution in [3.63, 3.8) is 0 Å². The molecule has 0 atom stereocenters. The van der Waals surface area contributed by atoms with Gasteiger partial charge in [0, 0.05) is 31.1 Å². The Hall–Kier alpha value is -4.92. The third kappa shape index (κ3) is 4.51. The summed E-state index contributed by atoms with van der Waals surface area (Å²) < 4.78 is 2.63. The lowest BCUT2D eigenvalue weighted by molar-refractivity contribution is 0.445. The highest BCUT2D eigenvalue weighted by Crippen LogP contribution is 2.50. The van der Waals surface area contributed by atoms with Gasteiger partial charge in [0.2, 0.25) is 0 Å². The number of benzene rings is 7. The van der Waals surface area contributed by atoms with E-state index in [0.29, 0.717) is 5.92 Å². The first kappa shape index (κ1) is 27.4. The Kier molecular flexibility index (Phi) is 6.83. The van der Waals surface area contributed by atoms with Crippen LogP contribution in [0.1, 0.15) is 43.6 Å². The number of hydrogen-bond acceptors (Lipinski definition) is 2. The van der Waals surface area contributed by atoms with Gasteiger partial charge in [-0.3, -0.25) is 0 Å². The Morgan fingerprint density at radius 3 is 1.96 bits per heavy atom. The molecule has 1 aromatic heterocycles. The second-order valence-electron chi connectivity index (χ2n) is 12.7. The molecule has 0 unspecified atom stereocenters.